The molecule has 1 aromatic rings. The topological polar surface area (TPSA) is 101 Å². The van der Waals surface area contributed by atoms with E-state index in [1.54, 1.807) is 6.07 Å². The average Bonchev–Trinajstić information content (AvgIpc) is 2.85. The molecule has 1 aliphatic heterocycles. The molecular formula is C14H24N4O2S. The summed E-state index contributed by atoms with van der Waals surface area (Å²) < 4.78 is 22.5. The lowest BCUT2D eigenvalue weighted by atomic mass is 10.1. The first-order valence-corrected chi connectivity index (χ1v) is 8.72. The quantitative estimate of drug-likeness (QED) is 0.706. The van der Waals surface area contributed by atoms with Crippen molar-refractivity contribution in [2.45, 2.75) is 31.2 Å². The van der Waals surface area contributed by atoms with Gasteiger partial charge >= 0.3 is 0 Å². The van der Waals surface area contributed by atoms with E-state index >= 15 is 0 Å². The summed E-state index contributed by atoms with van der Waals surface area (Å²) in [5.74, 6) is 0.588. The molecule has 1 aromatic carbocycles. The van der Waals surface area contributed by atoms with Crippen LogP contribution in [-0.2, 0) is 10.0 Å². The van der Waals surface area contributed by atoms with Crippen LogP contribution in [0.2, 0.25) is 0 Å². The van der Waals surface area contributed by atoms with Gasteiger partial charge in [0.2, 0.25) is 10.0 Å². The lowest BCUT2D eigenvalue weighted by Crippen LogP contribution is -2.29. The van der Waals surface area contributed by atoms with Gasteiger partial charge in [-0.3, -0.25) is 0 Å². The Bertz CT molecular complexity index is 601. The molecule has 0 saturated carbocycles. The minimum absolute atomic E-state index is 0.0393. The fraction of sp³-hybridized carbons (Fsp3) is 0.571. The van der Waals surface area contributed by atoms with Gasteiger partial charge in [-0.25, -0.2) is 13.6 Å². The molecule has 1 aliphatic rings. The Kier molecular flexibility index (Phi) is 4.75. The largest absolute Gasteiger partial charge is 0.397 e. The Hall–Kier alpha value is -1.31. The highest BCUT2D eigenvalue weighted by atomic mass is 32.2. The Labute approximate surface area is 126 Å². The highest BCUT2D eigenvalue weighted by Crippen LogP contribution is 2.24. The average molecular weight is 312 g/mol. The summed E-state index contributed by atoms with van der Waals surface area (Å²) in [6.07, 6.45) is 1.17. The van der Waals surface area contributed by atoms with E-state index in [1.807, 2.05) is 0 Å². The minimum atomic E-state index is -3.70. The summed E-state index contributed by atoms with van der Waals surface area (Å²) in [4.78, 5) is 2.50. The number of hydrogen-bond acceptors (Lipinski definition) is 5. The van der Waals surface area contributed by atoms with Gasteiger partial charge in [-0.1, -0.05) is 0 Å². The maximum atomic E-state index is 11.3. The lowest BCUT2D eigenvalue weighted by Gasteiger charge is -2.20. The summed E-state index contributed by atoms with van der Waals surface area (Å²) in [5, 5.41) is 8.39. The number of hydrogen-bond donors (Lipinski definition) is 3. The summed E-state index contributed by atoms with van der Waals surface area (Å²) in [7, 11) is -3.70. The van der Waals surface area contributed by atoms with E-state index < -0.39 is 10.0 Å². The molecule has 5 N–H and O–H groups in total. The number of sulfonamides is 1. The fourth-order valence-corrected chi connectivity index (χ4v) is 3.18. The van der Waals surface area contributed by atoms with E-state index in [1.165, 1.54) is 18.6 Å². The van der Waals surface area contributed by atoms with Gasteiger partial charge < -0.3 is 16.0 Å². The molecule has 0 aliphatic carbocycles. The Morgan fingerprint density at radius 1 is 1.43 bits per heavy atom. The number of nitrogens with two attached hydrogens (primary N) is 2. The number of benzene rings is 1. The van der Waals surface area contributed by atoms with Gasteiger partial charge in [0.1, 0.15) is 0 Å². The second kappa shape index (κ2) is 6.21. The number of nitrogen functional groups attached to an aromatic ring is 1. The van der Waals surface area contributed by atoms with Crippen LogP contribution in [-0.4, -0.2) is 39.0 Å². The molecule has 0 spiro atoms. The summed E-state index contributed by atoms with van der Waals surface area (Å²) in [6.45, 7) is 7.46. The molecule has 1 saturated heterocycles. The first-order valence-electron chi connectivity index (χ1n) is 7.17. The van der Waals surface area contributed by atoms with Crippen molar-refractivity contribution in [2.24, 2.45) is 11.1 Å². The summed E-state index contributed by atoms with van der Waals surface area (Å²) in [5.41, 5.74) is 7.04. The SMILES string of the molecule is CC(C)N1CCC(CNc2ccc(S(N)(=O)=O)cc2N)C1. The van der Waals surface area contributed by atoms with Crippen LogP contribution < -0.4 is 16.2 Å². The maximum absolute atomic E-state index is 11.3. The molecule has 7 heteroatoms. The zero-order valence-electron chi connectivity index (χ0n) is 12.5. The van der Waals surface area contributed by atoms with Gasteiger partial charge in [0.15, 0.2) is 0 Å². The van der Waals surface area contributed by atoms with E-state index in [4.69, 9.17) is 10.9 Å². The lowest BCUT2D eigenvalue weighted by molar-refractivity contribution is 0.266. The van der Waals surface area contributed by atoms with Crippen LogP contribution in [0.25, 0.3) is 0 Å². The molecule has 1 unspecified atom stereocenters. The zero-order chi connectivity index (χ0) is 15.6. The molecule has 0 amide bonds. The van der Waals surface area contributed by atoms with Crippen LogP contribution in [0.1, 0.15) is 20.3 Å². The molecule has 118 valence electrons. The molecule has 1 atom stereocenters. The Morgan fingerprint density at radius 3 is 2.67 bits per heavy atom. The van der Waals surface area contributed by atoms with E-state index in [2.05, 4.69) is 24.1 Å². The van der Waals surface area contributed by atoms with E-state index in [9.17, 15) is 8.42 Å². The van der Waals surface area contributed by atoms with Crippen molar-refractivity contribution >= 4 is 21.4 Å². The maximum Gasteiger partial charge on any atom is 0.238 e. The van der Waals surface area contributed by atoms with Gasteiger partial charge in [-0.2, -0.15) is 0 Å². The smallest absolute Gasteiger partial charge is 0.238 e. The summed E-state index contributed by atoms with van der Waals surface area (Å²) in [6, 6.07) is 5.12. The van der Waals surface area contributed by atoms with Crippen molar-refractivity contribution in [3.05, 3.63) is 18.2 Å². The third kappa shape index (κ3) is 4.09. The number of nitrogens with one attached hydrogen (secondary N) is 1. The van der Waals surface area contributed by atoms with E-state index in [0.29, 0.717) is 17.6 Å². The number of primary sulfonamides is 1. The van der Waals surface area contributed by atoms with Crippen LogP contribution in [0.5, 0.6) is 0 Å². The van der Waals surface area contributed by atoms with Crippen LogP contribution in [0.4, 0.5) is 11.4 Å². The van der Waals surface area contributed by atoms with Crippen molar-refractivity contribution in [3.8, 4) is 0 Å². The number of nitrogens with zero attached hydrogens (tertiary/aromatic N) is 1. The van der Waals surface area contributed by atoms with Crippen molar-refractivity contribution in [2.75, 3.05) is 30.7 Å². The van der Waals surface area contributed by atoms with E-state index in [0.717, 1.165) is 25.3 Å². The third-order valence-corrected chi connectivity index (χ3v) is 4.89. The normalized spacial score (nSPS) is 20.1. The van der Waals surface area contributed by atoms with E-state index in [-0.39, 0.29) is 4.90 Å². The molecule has 0 bridgehead atoms. The Balaban J connectivity index is 1.96. The predicted molar refractivity (Wildman–Crippen MR) is 85.5 cm³/mol. The van der Waals surface area contributed by atoms with Crippen LogP contribution >= 0.6 is 0 Å². The van der Waals surface area contributed by atoms with Crippen LogP contribution in [0, 0.1) is 5.92 Å². The first-order chi connectivity index (χ1) is 9.77. The molecule has 1 heterocycles. The second-order valence-corrected chi connectivity index (χ2v) is 7.48. The van der Waals surface area contributed by atoms with Crippen molar-refractivity contribution in [1.82, 2.24) is 4.90 Å². The van der Waals surface area contributed by atoms with Gasteiger partial charge in [0.05, 0.1) is 16.3 Å². The minimum Gasteiger partial charge on any atom is -0.397 e. The predicted octanol–water partition coefficient (Wildman–Crippen LogP) is 1.06. The fourth-order valence-electron chi connectivity index (χ4n) is 2.63. The van der Waals surface area contributed by atoms with Crippen molar-refractivity contribution in [3.63, 3.8) is 0 Å². The zero-order valence-corrected chi connectivity index (χ0v) is 13.4. The van der Waals surface area contributed by atoms with Crippen LogP contribution in [0.15, 0.2) is 23.1 Å². The first kappa shape index (κ1) is 16.1. The highest BCUT2D eigenvalue weighted by molar-refractivity contribution is 7.89. The molecule has 21 heavy (non-hydrogen) atoms. The molecule has 0 radical (unpaired) electrons. The monoisotopic (exact) mass is 312 g/mol. The molecule has 0 aromatic heterocycles. The van der Waals surface area contributed by atoms with Gasteiger partial charge in [0.25, 0.3) is 0 Å². The Morgan fingerprint density at radius 2 is 2.14 bits per heavy atom. The van der Waals surface area contributed by atoms with Gasteiger partial charge in [-0.15, -0.1) is 0 Å². The molecule has 6 nitrogen and oxygen atoms in total. The molecule has 1 fully saturated rings. The number of rotatable bonds is 5. The van der Waals surface area contributed by atoms with Crippen molar-refractivity contribution in [1.29, 1.82) is 0 Å². The van der Waals surface area contributed by atoms with Crippen LogP contribution in [0.3, 0.4) is 0 Å². The molecule has 2 rings (SSSR count). The molecular weight excluding hydrogens is 288 g/mol. The van der Waals surface area contributed by atoms with Crippen molar-refractivity contribution < 1.29 is 8.42 Å². The third-order valence-electron chi connectivity index (χ3n) is 3.98. The number of anilines is 2. The highest BCUT2D eigenvalue weighted by Gasteiger charge is 2.24. The second-order valence-electron chi connectivity index (χ2n) is 5.92. The standard InChI is InChI=1S/C14H24N4O2S/c1-10(2)18-6-5-11(9-18)8-17-14-4-3-12(7-13(14)15)21(16,19)20/h3-4,7,10-11,17H,5-6,8-9,15H2,1-2H3,(H2,16,19,20). The van der Waals surface area contributed by atoms with Gasteiger partial charge in [-0.05, 0) is 50.9 Å². The summed E-state index contributed by atoms with van der Waals surface area (Å²) >= 11 is 0. The number of likely N-dealkylation sites (tertiary alicyclic amines) is 1. The van der Waals surface area contributed by atoms with Gasteiger partial charge in [0, 0.05) is 19.1 Å².